The molecule has 1 aliphatic heterocycles. The van der Waals surface area contributed by atoms with Crippen LogP contribution in [0.4, 0.5) is 10.3 Å². The zero-order chi connectivity index (χ0) is 19.4. The summed E-state index contributed by atoms with van der Waals surface area (Å²) >= 11 is 3.86. The van der Waals surface area contributed by atoms with Crippen LogP contribution in [0.15, 0.2) is 24.5 Å². The molecule has 3 aromatic rings. The summed E-state index contributed by atoms with van der Waals surface area (Å²) in [5, 5.41) is 3.55. The maximum absolute atomic E-state index is 13.0. The minimum Gasteiger partial charge on any atom is -0.494 e. The first-order valence-corrected chi connectivity index (χ1v) is 9.39. The van der Waals surface area contributed by atoms with Gasteiger partial charge in [0, 0.05) is 11.9 Å². The second-order valence-electron chi connectivity index (χ2n) is 6.80. The van der Waals surface area contributed by atoms with Crippen molar-refractivity contribution in [2.75, 3.05) is 32.5 Å². The summed E-state index contributed by atoms with van der Waals surface area (Å²) in [6, 6.07) is 5.63. The average Bonchev–Trinajstić information content (AvgIpc) is 3.12. The number of halogens is 1. The lowest BCUT2D eigenvalue weighted by molar-refractivity contribution is 0.159. The van der Waals surface area contributed by atoms with Crippen LogP contribution in [-0.4, -0.2) is 56.2 Å². The van der Waals surface area contributed by atoms with E-state index in [9.17, 15) is 4.39 Å². The van der Waals surface area contributed by atoms with Gasteiger partial charge in [-0.15, -0.1) is 12.6 Å². The van der Waals surface area contributed by atoms with Crippen LogP contribution in [0.1, 0.15) is 26.2 Å². The Balaban J connectivity index is 0.000000168. The van der Waals surface area contributed by atoms with Gasteiger partial charge >= 0.3 is 0 Å². The van der Waals surface area contributed by atoms with Gasteiger partial charge < -0.3 is 10.5 Å². The maximum Gasteiger partial charge on any atom is 0.223 e. The highest BCUT2D eigenvalue weighted by Crippen LogP contribution is 2.26. The number of nitrogens with two attached hydrogens (primary N) is 1. The summed E-state index contributed by atoms with van der Waals surface area (Å²) in [5.41, 5.74) is 7.16. The number of hydrogen-bond donors (Lipinski definition) is 2. The van der Waals surface area contributed by atoms with Crippen molar-refractivity contribution < 1.29 is 9.13 Å². The molecule has 1 atom stereocenters. The number of nitrogen functional groups attached to an aromatic ring is 1. The highest BCUT2D eigenvalue weighted by atomic mass is 32.1. The molecule has 1 aliphatic rings. The Morgan fingerprint density at radius 2 is 2.04 bits per heavy atom. The monoisotopic (exact) mass is 392 g/mol. The van der Waals surface area contributed by atoms with Crippen LogP contribution in [0.25, 0.3) is 16.6 Å². The summed E-state index contributed by atoms with van der Waals surface area (Å²) in [6.45, 7) is 4.07. The summed E-state index contributed by atoms with van der Waals surface area (Å²) in [4.78, 5) is 10.6. The molecular weight excluding hydrogens is 367 g/mol. The van der Waals surface area contributed by atoms with Crippen LogP contribution in [-0.2, 0) is 0 Å². The van der Waals surface area contributed by atoms with E-state index in [1.54, 1.807) is 7.11 Å². The van der Waals surface area contributed by atoms with Gasteiger partial charge in [0.2, 0.25) is 5.95 Å². The van der Waals surface area contributed by atoms with Crippen LogP contribution in [0.2, 0.25) is 0 Å². The number of hydrogen-bond acceptors (Lipinski definition) is 7. The van der Waals surface area contributed by atoms with E-state index in [1.165, 1.54) is 37.0 Å². The number of alkyl halides is 1. The molecular formula is C18H25FN6OS. The third-order valence-corrected chi connectivity index (χ3v) is 4.55. The minimum absolute atomic E-state index is 0.296. The zero-order valence-electron chi connectivity index (χ0n) is 15.6. The quantitative estimate of drug-likeness (QED) is 0.667. The lowest BCUT2D eigenvalue weighted by Gasteiger charge is -2.29. The molecule has 0 saturated carbocycles. The van der Waals surface area contributed by atoms with Crippen molar-refractivity contribution in [3.8, 4) is 5.75 Å². The van der Waals surface area contributed by atoms with Gasteiger partial charge in [-0.05, 0) is 45.0 Å². The van der Waals surface area contributed by atoms with Crippen molar-refractivity contribution in [1.29, 1.82) is 0 Å². The van der Waals surface area contributed by atoms with E-state index in [2.05, 4.69) is 32.6 Å². The highest BCUT2D eigenvalue weighted by molar-refractivity contribution is 7.81. The van der Waals surface area contributed by atoms with Gasteiger partial charge in [0.15, 0.2) is 10.6 Å². The summed E-state index contributed by atoms with van der Waals surface area (Å²) in [6.07, 6.45) is 5.17. The van der Waals surface area contributed by atoms with Crippen LogP contribution >= 0.6 is 12.6 Å². The Morgan fingerprint density at radius 3 is 2.70 bits per heavy atom. The van der Waals surface area contributed by atoms with Crippen LogP contribution in [0.3, 0.4) is 0 Å². The predicted molar refractivity (Wildman–Crippen MR) is 108 cm³/mol. The Labute approximate surface area is 163 Å². The number of anilines is 1. The molecule has 0 radical (unpaired) electrons. The van der Waals surface area contributed by atoms with Gasteiger partial charge in [0.1, 0.15) is 17.6 Å². The Morgan fingerprint density at radius 1 is 1.30 bits per heavy atom. The number of piperidine rings is 1. The van der Waals surface area contributed by atoms with Crippen molar-refractivity contribution in [1.82, 2.24) is 24.5 Å². The molecule has 27 heavy (non-hydrogen) atoms. The van der Waals surface area contributed by atoms with Gasteiger partial charge in [-0.1, -0.05) is 12.5 Å². The molecule has 4 rings (SSSR count). The third-order valence-electron chi connectivity index (χ3n) is 4.41. The van der Waals surface area contributed by atoms with Crippen LogP contribution in [0, 0.1) is 0 Å². The van der Waals surface area contributed by atoms with E-state index in [1.807, 2.05) is 18.2 Å². The third kappa shape index (κ3) is 4.78. The van der Waals surface area contributed by atoms with E-state index < -0.39 is 5.00 Å². The van der Waals surface area contributed by atoms with Gasteiger partial charge in [0.05, 0.1) is 7.11 Å². The van der Waals surface area contributed by atoms with E-state index in [-0.39, 0.29) is 0 Å². The number of nitrogens with zero attached hydrogens (tertiary/aromatic N) is 5. The number of benzene rings is 1. The van der Waals surface area contributed by atoms with Gasteiger partial charge in [-0.3, -0.25) is 4.90 Å². The van der Waals surface area contributed by atoms with E-state index in [0.717, 1.165) is 18.5 Å². The molecule has 0 bridgehead atoms. The second-order valence-corrected chi connectivity index (χ2v) is 7.73. The lowest BCUT2D eigenvalue weighted by Crippen LogP contribution is -2.37. The molecule has 3 heterocycles. The van der Waals surface area contributed by atoms with Crippen molar-refractivity contribution in [3.63, 3.8) is 0 Å². The minimum atomic E-state index is -1.32. The number of fused-ring (bicyclic) bond motifs is 3. The molecule has 146 valence electrons. The average molecular weight is 393 g/mol. The van der Waals surface area contributed by atoms with Gasteiger partial charge in [-0.25, -0.2) is 14.4 Å². The first kappa shape index (κ1) is 19.6. The molecule has 1 saturated heterocycles. The molecule has 1 unspecified atom stereocenters. The number of likely N-dealkylation sites (tertiary alicyclic amines) is 1. The Bertz CT molecular complexity index is 904. The molecule has 1 fully saturated rings. The largest absolute Gasteiger partial charge is 0.494 e. The Kier molecular flexibility index (Phi) is 6.01. The SMILES string of the molecule is CC(F)(S)CN1CCCCC1.COc1cccc2c1nc(N)n1ncnc21. The standard InChI is InChI=1S/C10H9N5O.C8H16FNS/c1-16-7-4-2-3-6-8(7)14-10(11)15-9(6)12-5-13-15;1-8(9,11)7-10-5-3-2-4-6-10/h2-5H,1H3,(H2,11,14);11H,2-7H2,1H3. The topological polar surface area (TPSA) is 81.6 Å². The fraction of sp³-hybridized carbons (Fsp3) is 0.500. The van der Waals surface area contributed by atoms with E-state index in [0.29, 0.717) is 29.4 Å². The molecule has 0 aliphatic carbocycles. The van der Waals surface area contributed by atoms with Crippen LogP contribution < -0.4 is 10.5 Å². The van der Waals surface area contributed by atoms with Crippen LogP contribution in [0.5, 0.6) is 5.75 Å². The summed E-state index contributed by atoms with van der Waals surface area (Å²) < 4.78 is 19.7. The van der Waals surface area contributed by atoms with Crippen molar-refractivity contribution >= 4 is 35.1 Å². The van der Waals surface area contributed by atoms with Crippen molar-refractivity contribution in [3.05, 3.63) is 24.5 Å². The normalized spacial score (nSPS) is 17.3. The first-order valence-electron chi connectivity index (χ1n) is 8.94. The molecule has 7 nitrogen and oxygen atoms in total. The van der Waals surface area contributed by atoms with Crippen molar-refractivity contribution in [2.24, 2.45) is 0 Å². The van der Waals surface area contributed by atoms with E-state index in [4.69, 9.17) is 10.5 Å². The fourth-order valence-electron chi connectivity index (χ4n) is 3.26. The lowest BCUT2D eigenvalue weighted by atomic mass is 10.1. The molecule has 2 N–H and O–H groups in total. The molecule has 1 aromatic carbocycles. The van der Waals surface area contributed by atoms with Crippen molar-refractivity contribution in [2.45, 2.75) is 31.2 Å². The van der Waals surface area contributed by atoms with Gasteiger partial charge in [-0.2, -0.15) is 9.61 Å². The number of aromatic nitrogens is 4. The predicted octanol–water partition coefficient (Wildman–Crippen LogP) is 2.96. The highest BCUT2D eigenvalue weighted by Gasteiger charge is 2.22. The second kappa shape index (κ2) is 8.26. The fourth-order valence-corrected chi connectivity index (χ4v) is 3.46. The van der Waals surface area contributed by atoms with Gasteiger partial charge in [0.25, 0.3) is 0 Å². The first-order chi connectivity index (χ1) is 12.9. The Hall–Kier alpha value is -2.13. The number of thiol groups is 1. The number of rotatable bonds is 3. The number of methoxy groups -OCH3 is 1. The number of ether oxygens (including phenoxy) is 1. The molecule has 0 spiro atoms. The smallest absolute Gasteiger partial charge is 0.223 e. The summed E-state index contributed by atoms with van der Waals surface area (Å²) in [7, 11) is 1.60. The summed E-state index contributed by atoms with van der Waals surface area (Å²) in [5.74, 6) is 0.971. The molecule has 0 amide bonds. The molecule has 9 heteroatoms. The van der Waals surface area contributed by atoms with E-state index >= 15 is 0 Å². The molecule has 2 aromatic heterocycles. The zero-order valence-corrected chi connectivity index (χ0v) is 16.5. The maximum atomic E-state index is 13.0. The number of para-hydroxylation sites is 1.